The van der Waals surface area contributed by atoms with Crippen molar-refractivity contribution in [1.29, 1.82) is 0 Å². The third-order valence-electron chi connectivity index (χ3n) is 3.86. The minimum atomic E-state index is 0.360. The topological polar surface area (TPSA) is 32.3 Å². The molecule has 0 saturated heterocycles. The lowest BCUT2D eigenvalue weighted by atomic mass is 10.0. The van der Waals surface area contributed by atoms with E-state index in [2.05, 4.69) is 17.9 Å². The standard InChI is InChI=1S/C17H35NOS2/c19-16-14-12-10-8-6-4-2-1-3-5-7-9-11-13-15-18-17(20)21/h19H,1-16H2,(H2,18,20,21). The Bertz CT molecular complexity index is 225. The van der Waals surface area contributed by atoms with E-state index < -0.39 is 0 Å². The van der Waals surface area contributed by atoms with Crippen LogP contribution in [-0.2, 0) is 0 Å². The van der Waals surface area contributed by atoms with E-state index in [1.54, 1.807) is 0 Å². The van der Waals surface area contributed by atoms with Crippen LogP contribution in [0.25, 0.3) is 0 Å². The second-order valence-electron chi connectivity index (χ2n) is 5.91. The Hall–Kier alpha value is 0.200. The number of hydrogen-bond donors (Lipinski definition) is 3. The molecule has 0 bridgehead atoms. The Kier molecular flexibility index (Phi) is 18.4. The highest BCUT2D eigenvalue weighted by molar-refractivity contribution is 8.11. The molecule has 21 heavy (non-hydrogen) atoms. The fraction of sp³-hybridized carbons (Fsp3) is 0.941. The zero-order valence-corrected chi connectivity index (χ0v) is 15.3. The van der Waals surface area contributed by atoms with Crippen molar-refractivity contribution in [1.82, 2.24) is 5.32 Å². The summed E-state index contributed by atoms with van der Waals surface area (Å²) in [6, 6.07) is 0. The summed E-state index contributed by atoms with van der Waals surface area (Å²) in [5.74, 6) is 0. The highest BCUT2D eigenvalue weighted by Gasteiger charge is 1.94. The quantitative estimate of drug-likeness (QED) is 0.205. The van der Waals surface area contributed by atoms with Gasteiger partial charge in [0, 0.05) is 13.2 Å². The van der Waals surface area contributed by atoms with Gasteiger partial charge >= 0.3 is 0 Å². The lowest BCUT2D eigenvalue weighted by Crippen LogP contribution is -2.17. The molecule has 0 unspecified atom stereocenters. The predicted molar refractivity (Wildman–Crippen MR) is 101 cm³/mol. The van der Waals surface area contributed by atoms with Gasteiger partial charge in [-0.05, 0) is 12.8 Å². The minimum Gasteiger partial charge on any atom is -0.396 e. The van der Waals surface area contributed by atoms with Crippen molar-refractivity contribution >= 4 is 29.2 Å². The Morgan fingerprint density at radius 3 is 1.33 bits per heavy atom. The van der Waals surface area contributed by atoms with Gasteiger partial charge in [-0.3, -0.25) is 0 Å². The van der Waals surface area contributed by atoms with Crippen LogP contribution in [-0.4, -0.2) is 22.6 Å². The van der Waals surface area contributed by atoms with Crippen molar-refractivity contribution in [2.24, 2.45) is 0 Å². The van der Waals surface area contributed by atoms with E-state index in [4.69, 9.17) is 17.3 Å². The van der Waals surface area contributed by atoms with E-state index in [1.807, 2.05) is 0 Å². The van der Waals surface area contributed by atoms with Crippen molar-refractivity contribution in [3.05, 3.63) is 0 Å². The predicted octanol–water partition coefficient (Wildman–Crippen LogP) is 5.24. The van der Waals surface area contributed by atoms with E-state index in [9.17, 15) is 0 Å². The van der Waals surface area contributed by atoms with E-state index in [0.29, 0.717) is 10.9 Å². The molecule has 0 radical (unpaired) electrons. The van der Waals surface area contributed by atoms with Gasteiger partial charge in [-0.1, -0.05) is 89.3 Å². The van der Waals surface area contributed by atoms with Crippen molar-refractivity contribution in [3.63, 3.8) is 0 Å². The molecule has 126 valence electrons. The molecule has 0 spiro atoms. The third-order valence-corrected chi connectivity index (χ3v) is 4.16. The second kappa shape index (κ2) is 18.2. The van der Waals surface area contributed by atoms with Crippen LogP contribution in [0.4, 0.5) is 0 Å². The molecular weight excluding hydrogens is 298 g/mol. The summed E-state index contributed by atoms with van der Waals surface area (Å²) in [7, 11) is 0. The monoisotopic (exact) mass is 333 g/mol. The van der Waals surface area contributed by atoms with E-state index in [-0.39, 0.29) is 0 Å². The average molecular weight is 334 g/mol. The van der Waals surface area contributed by atoms with Gasteiger partial charge in [0.2, 0.25) is 0 Å². The SMILES string of the molecule is OCCCCCCCCCCCCCCCCNC(=S)S. The molecule has 0 saturated carbocycles. The number of hydrogen-bond acceptors (Lipinski definition) is 2. The number of nitrogens with one attached hydrogen (secondary N) is 1. The number of rotatable bonds is 16. The fourth-order valence-corrected chi connectivity index (χ4v) is 2.77. The molecule has 2 nitrogen and oxygen atoms in total. The zero-order chi connectivity index (χ0) is 15.6. The summed E-state index contributed by atoms with van der Waals surface area (Å²) in [4.78, 5) is 0. The third kappa shape index (κ3) is 20.2. The number of unbranched alkanes of at least 4 members (excludes halogenated alkanes) is 13. The maximum absolute atomic E-state index is 8.68. The summed E-state index contributed by atoms with van der Waals surface area (Å²) in [5, 5.41) is 11.8. The van der Waals surface area contributed by atoms with Gasteiger partial charge < -0.3 is 10.4 Å². The zero-order valence-electron chi connectivity index (χ0n) is 13.6. The Morgan fingerprint density at radius 2 is 1.00 bits per heavy atom. The van der Waals surface area contributed by atoms with Crippen LogP contribution in [0.2, 0.25) is 0 Å². The van der Waals surface area contributed by atoms with Crippen molar-refractivity contribution in [2.45, 2.75) is 89.9 Å². The van der Waals surface area contributed by atoms with Crippen LogP contribution < -0.4 is 5.32 Å². The normalized spacial score (nSPS) is 10.8. The maximum atomic E-state index is 8.68. The first-order valence-electron chi connectivity index (χ1n) is 8.85. The Balaban J connectivity index is 2.95. The van der Waals surface area contributed by atoms with Crippen LogP contribution >= 0.6 is 24.8 Å². The Morgan fingerprint density at radius 1 is 0.667 bits per heavy atom. The molecule has 0 aliphatic heterocycles. The summed E-state index contributed by atoms with van der Waals surface area (Å²) in [6.07, 6.45) is 18.5. The largest absolute Gasteiger partial charge is 0.396 e. The van der Waals surface area contributed by atoms with Crippen molar-refractivity contribution < 1.29 is 5.11 Å². The lowest BCUT2D eigenvalue weighted by molar-refractivity contribution is 0.282. The van der Waals surface area contributed by atoms with Crippen molar-refractivity contribution in [3.8, 4) is 0 Å². The number of aliphatic hydroxyl groups is 1. The van der Waals surface area contributed by atoms with Gasteiger partial charge in [-0.15, -0.1) is 12.6 Å². The van der Waals surface area contributed by atoms with Gasteiger partial charge in [-0.25, -0.2) is 0 Å². The number of aliphatic hydroxyl groups excluding tert-OH is 1. The second-order valence-corrected chi connectivity index (χ2v) is 7.06. The van der Waals surface area contributed by atoms with Crippen LogP contribution in [0, 0.1) is 0 Å². The van der Waals surface area contributed by atoms with Gasteiger partial charge in [-0.2, -0.15) is 0 Å². The molecule has 0 atom stereocenters. The van der Waals surface area contributed by atoms with Gasteiger partial charge in [0.1, 0.15) is 4.32 Å². The molecule has 0 aliphatic carbocycles. The van der Waals surface area contributed by atoms with Gasteiger partial charge in [0.15, 0.2) is 0 Å². The molecule has 0 aliphatic rings. The number of thiol groups is 1. The maximum Gasteiger partial charge on any atom is 0.130 e. The molecule has 0 fully saturated rings. The summed E-state index contributed by atoms with van der Waals surface area (Å²) in [5.41, 5.74) is 0. The number of thiocarbonyl (C=S) groups is 1. The van der Waals surface area contributed by atoms with Crippen molar-refractivity contribution in [2.75, 3.05) is 13.2 Å². The van der Waals surface area contributed by atoms with Gasteiger partial charge in [0.05, 0.1) is 0 Å². The van der Waals surface area contributed by atoms with E-state index in [0.717, 1.165) is 13.0 Å². The van der Waals surface area contributed by atoms with Crippen LogP contribution in [0.5, 0.6) is 0 Å². The molecule has 0 aromatic rings. The molecule has 4 heteroatoms. The molecule has 0 aromatic heterocycles. The molecule has 0 heterocycles. The molecule has 0 amide bonds. The molecular formula is C17H35NOS2. The molecule has 2 N–H and O–H groups in total. The molecule has 0 aromatic carbocycles. The summed E-state index contributed by atoms with van der Waals surface area (Å²) < 4.78 is 0.614. The minimum absolute atomic E-state index is 0.360. The molecule has 0 rings (SSSR count). The highest BCUT2D eigenvalue weighted by atomic mass is 32.1. The lowest BCUT2D eigenvalue weighted by Gasteiger charge is -2.04. The highest BCUT2D eigenvalue weighted by Crippen LogP contribution is 2.12. The van der Waals surface area contributed by atoms with E-state index in [1.165, 1.54) is 83.5 Å². The smallest absolute Gasteiger partial charge is 0.130 e. The van der Waals surface area contributed by atoms with Crippen LogP contribution in [0.3, 0.4) is 0 Å². The van der Waals surface area contributed by atoms with Crippen LogP contribution in [0.1, 0.15) is 89.9 Å². The van der Waals surface area contributed by atoms with E-state index >= 15 is 0 Å². The Labute approximate surface area is 142 Å². The first kappa shape index (κ1) is 21.2. The summed E-state index contributed by atoms with van der Waals surface area (Å²) >= 11 is 8.88. The average Bonchev–Trinajstić information content (AvgIpc) is 2.46. The fourth-order valence-electron chi connectivity index (χ4n) is 2.55. The van der Waals surface area contributed by atoms with Gasteiger partial charge in [0.25, 0.3) is 0 Å². The first-order valence-corrected chi connectivity index (χ1v) is 9.70. The van der Waals surface area contributed by atoms with Crippen LogP contribution in [0.15, 0.2) is 0 Å². The first-order chi connectivity index (χ1) is 10.3. The summed E-state index contributed by atoms with van der Waals surface area (Å²) in [6.45, 7) is 1.33.